The Hall–Kier alpha value is -2.71. The molecule has 0 aromatic rings. The number of carbonyl (C=O) groups is 3. The highest BCUT2D eigenvalue weighted by atomic mass is 16.6. The number of ether oxygens (including phenoxy) is 3. The van der Waals surface area contributed by atoms with Gasteiger partial charge in [0.15, 0.2) is 12.1 Å². The molecule has 0 aromatic heterocycles. The smallest absolute Gasteiger partial charge is 0.362 e. The van der Waals surface area contributed by atoms with Gasteiger partial charge in [-0.25, -0.2) is 4.79 Å². The molecule has 2 unspecified atom stereocenters. The minimum absolute atomic E-state index is 0.0541. The molecule has 8 nitrogen and oxygen atoms in total. The number of aliphatic carboxylic acids is 1. The van der Waals surface area contributed by atoms with E-state index in [0.29, 0.717) is 19.3 Å². The predicted octanol–water partition coefficient (Wildman–Crippen LogP) is 11.2. The van der Waals surface area contributed by atoms with Crippen molar-refractivity contribution >= 4 is 17.9 Å². The van der Waals surface area contributed by atoms with Gasteiger partial charge in [-0.05, 0) is 32.1 Å². The van der Waals surface area contributed by atoms with Crippen molar-refractivity contribution in [1.82, 2.24) is 0 Å². The average Bonchev–Trinajstić information content (AvgIpc) is 3.11. The van der Waals surface area contributed by atoms with E-state index in [1.54, 1.807) is 0 Å². The summed E-state index contributed by atoms with van der Waals surface area (Å²) < 4.78 is 17.2. The lowest BCUT2D eigenvalue weighted by molar-refractivity contribution is -0.887. The minimum Gasteiger partial charge on any atom is -0.477 e. The Kier molecular flexibility index (Phi) is 34.4. The van der Waals surface area contributed by atoms with Crippen molar-refractivity contribution in [3.05, 3.63) is 48.6 Å². The van der Waals surface area contributed by atoms with E-state index < -0.39 is 18.1 Å². The van der Waals surface area contributed by atoms with Gasteiger partial charge in [-0.2, -0.15) is 0 Å². The summed E-state index contributed by atoms with van der Waals surface area (Å²) in [5, 5.41) is 9.60. The van der Waals surface area contributed by atoms with Gasteiger partial charge in [0.1, 0.15) is 6.61 Å². The van der Waals surface area contributed by atoms with Gasteiger partial charge in [-0.1, -0.05) is 165 Å². The Morgan fingerprint density at radius 1 is 0.585 bits per heavy atom. The van der Waals surface area contributed by atoms with Crippen LogP contribution in [0.15, 0.2) is 48.6 Å². The Labute approximate surface area is 325 Å². The summed E-state index contributed by atoms with van der Waals surface area (Å²) in [6, 6.07) is -0.617. The van der Waals surface area contributed by atoms with Gasteiger partial charge in [0.05, 0.1) is 34.4 Å². The number of quaternary nitrogens is 1. The molecule has 0 bridgehead atoms. The minimum atomic E-state index is -0.879. The first-order valence-corrected chi connectivity index (χ1v) is 21.2. The number of carbonyl (C=O) groups excluding carboxylic acids is 2. The quantitative estimate of drug-likeness (QED) is 0.0292. The fourth-order valence-corrected chi connectivity index (χ4v) is 6.04. The third kappa shape index (κ3) is 34.8. The molecule has 0 aromatic carbocycles. The van der Waals surface area contributed by atoms with E-state index in [9.17, 15) is 19.5 Å². The zero-order valence-corrected chi connectivity index (χ0v) is 34.7. The molecule has 0 rings (SSSR count). The zero-order valence-electron chi connectivity index (χ0n) is 34.7. The lowest BCUT2D eigenvalue weighted by Crippen LogP contribution is -2.50. The molecule has 0 aliphatic rings. The summed E-state index contributed by atoms with van der Waals surface area (Å²) in [4.78, 5) is 36.9. The van der Waals surface area contributed by atoms with Crippen molar-refractivity contribution in [1.29, 1.82) is 0 Å². The van der Waals surface area contributed by atoms with E-state index in [-0.39, 0.29) is 36.2 Å². The molecule has 0 fully saturated rings. The zero-order chi connectivity index (χ0) is 39.3. The van der Waals surface area contributed by atoms with Crippen LogP contribution < -0.4 is 0 Å². The standard InChI is InChI=1S/C45H79NO7/c1-6-8-10-12-14-16-18-20-22-24-25-27-29-31-33-35-43(47)52-40-41(39-51-38-37-42(45(49)50)46(3,4)5)53-44(48)36-34-32-30-28-26-23-21-19-17-15-13-11-9-7-2/h8,10,12,14,16,18,20,22,41-42H,6-7,9,11,13,15,17,19,21,23-40H2,1-5H3/p+1/b10-8+,14-12+,18-16+,22-20+. The molecule has 0 heterocycles. The third-order valence-corrected chi connectivity index (χ3v) is 9.34. The van der Waals surface area contributed by atoms with Crippen LogP contribution >= 0.6 is 0 Å². The van der Waals surface area contributed by atoms with Crippen LogP contribution in [-0.2, 0) is 28.6 Å². The number of esters is 2. The van der Waals surface area contributed by atoms with Crippen LogP contribution in [0.2, 0.25) is 0 Å². The Morgan fingerprint density at radius 3 is 1.57 bits per heavy atom. The van der Waals surface area contributed by atoms with Gasteiger partial charge < -0.3 is 23.8 Å². The van der Waals surface area contributed by atoms with Crippen molar-refractivity contribution in [3.8, 4) is 0 Å². The number of likely N-dealkylation sites (N-methyl/N-ethyl adjacent to an activating group) is 1. The number of hydrogen-bond donors (Lipinski definition) is 1. The predicted molar refractivity (Wildman–Crippen MR) is 220 cm³/mol. The van der Waals surface area contributed by atoms with E-state index in [0.717, 1.165) is 64.2 Å². The molecular weight excluding hydrogens is 666 g/mol. The fourth-order valence-electron chi connectivity index (χ4n) is 6.04. The molecule has 0 spiro atoms. The number of carboxylic acid groups (broad SMARTS) is 1. The molecule has 53 heavy (non-hydrogen) atoms. The van der Waals surface area contributed by atoms with Crippen LogP contribution in [0.1, 0.15) is 168 Å². The largest absolute Gasteiger partial charge is 0.477 e. The Balaban J connectivity index is 4.40. The summed E-state index contributed by atoms with van der Waals surface area (Å²) in [7, 11) is 5.51. The molecule has 0 saturated carbocycles. The summed E-state index contributed by atoms with van der Waals surface area (Å²) in [6.07, 6.45) is 41.4. The van der Waals surface area contributed by atoms with Crippen molar-refractivity contribution in [2.45, 2.75) is 180 Å². The van der Waals surface area contributed by atoms with E-state index in [1.165, 1.54) is 70.6 Å². The van der Waals surface area contributed by atoms with Gasteiger partial charge in [0.2, 0.25) is 0 Å². The topological polar surface area (TPSA) is 99.1 Å². The molecule has 0 amide bonds. The number of hydrogen-bond acceptors (Lipinski definition) is 6. The highest BCUT2D eigenvalue weighted by Crippen LogP contribution is 2.15. The monoisotopic (exact) mass is 747 g/mol. The number of nitrogens with zero attached hydrogens (tertiary/aromatic N) is 1. The van der Waals surface area contributed by atoms with Gasteiger partial charge in [0, 0.05) is 19.3 Å². The second-order valence-electron chi connectivity index (χ2n) is 15.3. The molecule has 0 radical (unpaired) electrons. The maximum atomic E-state index is 12.7. The van der Waals surface area contributed by atoms with Gasteiger partial charge in [0.25, 0.3) is 0 Å². The number of allylic oxidation sites excluding steroid dienone is 8. The molecule has 2 atom stereocenters. The molecule has 0 aliphatic carbocycles. The maximum absolute atomic E-state index is 12.7. The lowest BCUT2D eigenvalue weighted by Gasteiger charge is -2.31. The average molecular weight is 747 g/mol. The summed E-state index contributed by atoms with van der Waals surface area (Å²) >= 11 is 0. The molecule has 1 N–H and O–H groups in total. The molecule has 8 heteroatoms. The van der Waals surface area contributed by atoms with Crippen LogP contribution in [0, 0.1) is 0 Å². The highest BCUT2D eigenvalue weighted by molar-refractivity contribution is 5.72. The van der Waals surface area contributed by atoms with Crippen LogP contribution in [0.5, 0.6) is 0 Å². The van der Waals surface area contributed by atoms with E-state index in [4.69, 9.17) is 14.2 Å². The fraction of sp³-hybridized carbons (Fsp3) is 0.756. The van der Waals surface area contributed by atoms with Gasteiger partial charge in [-0.3, -0.25) is 9.59 Å². The second kappa shape index (κ2) is 36.3. The van der Waals surface area contributed by atoms with Gasteiger partial charge in [-0.15, -0.1) is 0 Å². The SMILES string of the molecule is CC/C=C/C=C/C=C/C=C/CCCCCCCC(=O)OCC(COCCC(C(=O)O)[N+](C)(C)C)OC(=O)CCCCCCCCCCCCCCCC. The molecular formula is C45H80NO7+. The van der Waals surface area contributed by atoms with Crippen molar-refractivity contribution in [2.24, 2.45) is 0 Å². The van der Waals surface area contributed by atoms with Crippen molar-refractivity contribution in [2.75, 3.05) is 41.0 Å². The third-order valence-electron chi connectivity index (χ3n) is 9.34. The second-order valence-corrected chi connectivity index (χ2v) is 15.3. The Bertz CT molecular complexity index is 1010. The first-order chi connectivity index (χ1) is 25.6. The van der Waals surface area contributed by atoms with E-state index in [2.05, 4.69) is 38.2 Å². The van der Waals surface area contributed by atoms with E-state index >= 15 is 0 Å². The van der Waals surface area contributed by atoms with Gasteiger partial charge >= 0.3 is 17.9 Å². The maximum Gasteiger partial charge on any atom is 0.362 e. The molecule has 0 aliphatic heterocycles. The van der Waals surface area contributed by atoms with Crippen LogP contribution in [0.25, 0.3) is 0 Å². The highest BCUT2D eigenvalue weighted by Gasteiger charge is 2.31. The normalized spacial score (nSPS) is 13.5. The number of unbranched alkanes of at least 4 members (excludes halogenated alkanes) is 18. The first kappa shape index (κ1) is 50.3. The molecule has 306 valence electrons. The number of rotatable bonds is 37. The number of carboxylic acids is 1. The van der Waals surface area contributed by atoms with Crippen molar-refractivity contribution < 1.29 is 38.2 Å². The first-order valence-electron chi connectivity index (χ1n) is 21.2. The summed E-state index contributed by atoms with van der Waals surface area (Å²) in [5.41, 5.74) is 0. The van der Waals surface area contributed by atoms with Crippen LogP contribution in [0.3, 0.4) is 0 Å². The Morgan fingerprint density at radius 2 is 1.06 bits per heavy atom. The van der Waals surface area contributed by atoms with Crippen LogP contribution in [-0.4, -0.2) is 80.6 Å². The van der Waals surface area contributed by atoms with Crippen molar-refractivity contribution in [3.63, 3.8) is 0 Å². The lowest BCUT2D eigenvalue weighted by atomic mass is 10.0. The summed E-state index contributed by atoms with van der Waals surface area (Å²) in [6.45, 7) is 4.57. The van der Waals surface area contributed by atoms with E-state index in [1.807, 2.05) is 45.4 Å². The summed E-state index contributed by atoms with van der Waals surface area (Å²) in [5.74, 6) is -1.50. The molecule has 0 saturated heterocycles. The van der Waals surface area contributed by atoms with Crippen LogP contribution in [0.4, 0.5) is 0 Å².